The predicted molar refractivity (Wildman–Crippen MR) is 127 cm³/mol. The standard InChI is InChI=1S/C23H34ClN7O2/c1-21(2,3)33-20(32)31-12-11-22(9-7-6-8-10-22)23(31,25-4)18-17(24)14-26-19(29-18)28-16-13-27-30(5)15-16/h13-15,25H,6-12H2,1-5H3,(H,26,28,29). The maximum absolute atomic E-state index is 13.5. The summed E-state index contributed by atoms with van der Waals surface area (Å²) >= 11 is 6.77. The molecule has 1 saturated heterocycles. The van der Waals surface area contributed by atoms with Crippen LogP contribution in [0, 0.1) is 5.41 Å². The van der Waals surface area contributed by atoms with Gasteiger partial charge in [-0.25, -0.2) is 14.8 Å². The highest BCUT2D eigenvalue weighted by atomic mass is 35.5. The number of rotatable bonds is 4. The molecule has 180 valence electrons. The molecule has 1 atom stereocenters. The second kappa shape index (κ2) is 8.76. The van der Waals surface area contributed by atoms with Crippen molar-refractivity contribution in [1.29, 1.82) is 0 Å². The highest BCUT2D eigenvalue weighted by Crippen LogP contribution is 2.58. The third kappa shape index (κ3) is 4.28. The topological polar surface area (TPSA) is 97.2 Å². The molecule has 2 N–H and O–H groups in total. The van der Waals surface area contributed by atoms with E-state index in [9.17, 15) is 4.79 Å². The van der Waals surface area contributed by atoms with Crippen molar-refractivity contribution in [3.63, 3.8) is 0 Å². The Morgan fingerprint density at radius 2 is 1.91 bits per heavy atom. The Kier molecular flexibility index (Phi) is 6.30. The van der Waals surface area contributed by atoms with Crippen molar-refractivity contribution in [3.8, 4) is 0 Å². The maximum Gasteiger partial charge on any atom is 0.412 e. The van der Waals surface area contributed by atoms with E-state index < -0.39 is 11.3 Å². The van der Waals surface area contributed by atoms with Gasteiger partial charge in [-0.15, -0.1) is 0 Å². The fourth-order valence-electron chi connectivity index (χ4n) is 5.54. The number of carbonyl (C=O) groups excluding carboxylic acids is 1. The Morgan fingerprint density at radius 3 is 2.52 bits per heavy atom. The second-order valence-electron chi connectivity index (χ2n) is 10.1. The lowest BCUT2D eigenvalue weighted by atomic mass is 9.64. The summed E-state index contributed by atoms with van der Waals surface area (Å²) in [4.78, 5) is 24.5. The average molecular weight is 476 g/mol. The number of halogens is 1. The van der Waals surface area contributed by atoms with Crippen LogP contribution in [0.1, 0.15) is 65.0 Å². The van der Waals surface area contributed by atoms with Crippen LogP contribution in [0.2, 0.25) is 5.02 Å². The Balaban J connectivity index is 1.82. The number of amides is 1. The number of nitrogens with zero attached hydrogens (tertiary/aromatic N) is 5. The number of aromatic nitrogens is 4. The summed E-state index contributed by atoms with van der Waals surface area (Å²) in [6.45, 7) is 6.21. The van der Waals surface area contributed by atoms with Crippen LogP contribution in [0.3, 0.4) is 0 Å². The normalized spacial score (nSPS) is 22.5. The van der Waals surface area contributed by atoms with Crippen molar-refractivity contribution in [2.45, 2.75) is 70.6 Å². The smallest absolute Gasteiger partial charge is 0.412 e. The van der Waals surface area contributed by atoms with E-state index in [1.165, 1.54) is 6.42 Å². The van der Waals surface area contributed by atoms with Gasteiger partial charge in [0, 0.05) is 25.2 Å². The highest BCUT2D eigenvalue weighted by Gasteiger charge is 2.63. The molecule has 4 rings (SSSR count). The Morgan fingerprint density at radius 1 is 1.18 bits per heavy atom. The van der Waals surface area contributed by atoms with Crippen molar-refractivity contribution < 1.29 is 9.53 Å². The lowest BCUT2D eigenvalue weighted by Gasteiger charge is -2.51. The SMILES string of the molecule is CNC1(c2nc(Nc3cnn(C)c3)ncc2Cl)N(C(=O)OC(C)(C)C)CCC12CCCCC2. The van der Waals surface area contributed by atoms with E-state index in [-0.39, 0.29) is 11.5 Å². The molecular weight excluding hydrogens is 442 g/mol. The first-order valence-corrected chi connectivity index (χ1v) is 12.0. The lowest BCUT2D eigenvalue weighted by molar-refractivity contribution is -0.0435. The highest BCUT2D eigenvalue weighted by molar-refractivity contribution is 6.31. The summed E-state index contributed by atoms with van der Waals surface area (Å²) in [6.07, 6.45) is 11.0. The molecule has 9 nitrogen and oxygen atoms in total. The third-order valence-corrected chi connectivity index (χ3v) is 7.10. The van der Waals surface area contributed by atoms with Gasteiger partial charge in [0.25, 0.3) is 0 Å². The molecule has 2 aromatic rings. The van der Waals surface area contributed by atoms with Crippen LogP contribution in [0.15, 0.2) is 18.6 Å². The van der Waals surface area contributed by atoms with Gasteiger partial charge in [0.15, 0.2) is 0 Å². The quantitative estimate of drug-likeness (QED) is 0.668. The van der Waals surface area contributed by atoms with Gasteiger partial charge in [-0.2, -0.15) is 5.10 Å². The summed E-state index contributed by atoms with van der Waals surface area (Å²) in [6, 6.07) is 0. The predicted octanol–water partition coefficient (Wildman–Crippen LogP) is 4.57. The molecule has 0 bridgehead atoms. The first kappa shape index (κ1) is 23.8. The van der Waals surface area contributed by atoms with Crippen molar-refractivity contribution in [3.05, 3.63) is 29.3 Å². The lowest BCUT2D eigenvalue weighted by Crippen LogP contribution is -2.62. The van der Waals surface area contributed by atoms with Crippen LogP contribution < -0.4 is 10.6 Å². The van der Waals surface area contributed by atoms with Crippen molar-refractivity contribution >= 4 is 29.3 Å². The minimum atomic E-state index is -0.902. The van der Waals surface area contributed by atoms with E-state index in [0.717, 1.165) is 37.8 Å². The molecule has 1 spiro atoms. The van der Waals surface area contributed by atoms with Gasteiger partial charge in [0.1, 0.15) is 17.0 Å². The summed E-state index contributed by atoms with van der Waals surface area (Å²) in [5, 5.41) is 11.3. The average Bonchev–Trinajstić information content (AvgIpc) is 3.30. The summed E-state index contributed by atoms with van der Waals surface area (Å²) in [7, 11) is 3.73. The zero-order valence-corrected chi connectivity index (χ0v) is 20.9. The summed E-state index contributed by atoms with van der Waals surface area (Å²) in [5.41, 5.74) is -0.339. The molecule has 1 amide bonds. The van der Waals surface area contributed by atoms with Crippen molar-refractivity contribution in [2.75, 3.05) is 18.9 Å². The number of likely N-dealkylation sites (tertiary alicyclic amines) is 1. The van der Waals surface area contributed by atoms with Crippen LogP contribution in [0.4, 0.5) is 16.4 Å². The first-order chi connectivity index (χ1) is 15.6. The zero-order valence-electron chi connectivity index (χ0n) is 20.1. The molecule has 33 heavy (non-hydrogen) atoms. The van der Waals surface area contributed by atoms with Crippen LogP contribution >= 0.6 is 11.6 Å². The molecule has 1 aliphatic carbocycles. The molecule has 1 saturated carbocycles. The van der Waals surface area contributed by atoms with Gasteiger partial charge in [-0.1, -0.05) is 30.9 Å². The number of carbonyl (C=O) groups is 1. The van der Waals surface area contributed by atoms with E-state index in [0.29, 0.717) is 23.2 Å². The Hall–Kier alpha value is -2.39. The van der Waals surface area contributed by atoms with Crippen LogP contribution in [-0.2, 0) is 17.4 Å². The van der Waals surface area contributed by atoms with Gasteiger partial charge in [-0.05, 0) is 47.1 Å². The fraction of sp³-hybridized carbons (Fsp3) is 0.652. The largest absolute Gasteiger partial charge is 0.444 e. The number of ether oxygens (including phenoxy) is 1. The number of aryl methyl sites for hydroxylation is 1. The third-order valence-electron chi connectivity index (χ3n) is 6.82. The molecular formula is C23H34ClN7O2. The molecule has 0 radical (unpaired) electrons. The molecule has 2 aromatic heterocycles. The van der Waals surface area contributed by atoms with Crippen LogP contribution in [0.5, 0.6) is 0 Å². The van der Waals surface area contributed by atoms with Gasteiger partial charge >= 0.3 is 6.09 Å². The zero-order chi connectivity index (χ0) is 23.9. The molecule has 2 fully saturated rings. The molecule has 3 heterocycles. The Bertz CT molecular complexity index is 1010. The summed E-state index contributed by atoms with van der Waals surface area (Å²) in [5.74, 6) is 0.402. The van der Waals surface area contributed by atoms with Crippen molar-refractivity contribution in [1.82, 2.24) is 30.0 Å². The molecule has 1 aliphatic heterocycles. The van der Waals surface area contributed by atoms with E-state index in [1.54, 1.807) is 22.0 Å². The van der Waals surface area contributed by atoms with E-state index >= 15 is 0 Å². The van der Waals surface area contributed by atoms with E-state index in [4.69, 9.17) is 21.3 Å². The monoisotopic (exact) mass is 475 g/mol. The number of hydrogen-bond donors (Lipinski definition) is 2. The molecule has 1 unspecified atom stereocenters. The number of hydrogen-bond acceptors (Lipinski definition) is 7. The van der Waals surface area contributed by atoms with Crippen LogP contribution in [-0.4, -0.2) is 49.9 Å². The maximum atomic E-state index is 13.5. The van der Waals surface area contributed by atoms with Gasteiger partial charge in [0.2, 0.25) is 5.95 Å². The van der Waals surface area contributed by atoms with Crippen molar-refractivity contribution in [2.24, 2.45) is 12.5 Å². The summed E-state index contributed by atoms with van der Waals surface area (Å²) < 4.78 is 7.54. The number of nitrogens with one attached hydrogen (secondary N) is 2. The second-order valence-corrected chi connectivity index (χ2v) is 10.5. The minimum absolute atomic E-state index is 0.194. The molecule has 2 aliphatic rings. The van der Waals surface area contributed by atoms with Gasteiger partial charge in [-0.3, -0.25) is 14.9 Å². The first-order valence-electron chi connectivity index (χ1n) is 11.6. The van der Waals surface area contributed by atoms with Gasteiger partial charge < -0.3 is 10.1 Å². The minimum Gasteiger partial charge on any atom is -0.444 e. The molecule has 0 aromatic carbocycles. The number of anilines is 2. The Labute approximate surface area is 200 Å². The van der Waals surface area contributed by atoms with Gasteiger partial charge in [0.05, 0.1) is 23.1 Å². The fourth-order valence-corrected chi connectivity index (χ4v) is 5.77. The van der Waals surface area contributed by atoms with E-state index in [1.807, 2.05) is 41.1 Å². The molecule has 10 heteroatoms. The van der Waals surface area contributed by atoms with Crippen LogP contribution in [0.25, 0.3) is 0 Å². The van der Waals surface area contributed by atoms with E-state index in [2.05, 4.69) is 20.7 Å².